The highest BCUT2D eigenvalue weighted by molar-refractivity contribution is 9.11. The van der Waals surface area contributed by atoms with Crippen molar-refractivity contribution in [1.82, 2.24) is 4.90 Å². The van der Waals surface area contributed by atoms with Crippen molar-refractivity contribution in [2.24, 2.45) is 5.41 Å². The van der Waals surface area contributed by atoms with Crippen molar-refractivity contribution in [2.45, 2.75) is 81.6 Å². The Morgan fingerprint density at radius 3 is 1.90 bits per heavy atom. The van der Waals surface area contributed by atoms with Gasteiger partial charge in [-0.25, -0.2) is 0 Å². The molecule has 0 spiro atoms. The largest absolute Gasteiger partial charge is 0.319 e. The minimum Gasteiger partial charge on any atom is -0.319 e. The first-order valence-corrected chi connectivity index (χ1v) is 12.0. The number of allylic oxidation sites excluding steroid dienone is 12. The Kier molecular flexibility index (Phi) is 17.0. The molecule has 0 aliphatic heterocycles. The van der Waals surface area contributed by atoms with Crippen molar-refractivity contribution in [3.05, 3.63) is 95.0 Å². The van der Waals surface area contributed by atoms with Crippen LogP contribution in [0.2, 0.25) is 0 Å². The Balaban J connectivity index is 0. The highest BCUT2D eigenvalue weighted by Gasteiger charge is 2.17. The fourth-order valence-corrected chi connectivity index (χ4v) is 2.99. The maximum absolute atomic E-state index is 4.34. The van der Waals surface area contributed by atoms with Gasteiger partial charge in [-0.3, -0.25) is 0 Å². The minimum absolute atomic E-state index is 0.0642. The summed E-state index contributed by atoms with van der Waals surface area (Å²) in [4.78, 5) is 2.27. The predicted molar refractivity (Wildman–Crippen MR) is 148 cm³/mol. The molecule has 0 amide bonds. The molecule has 0 aromatic heterocycles. The summed E-state index contributed by atoms with van der Waals surface area (Å²) in [5, 5.41) is 0. The first-order valence-electron chi connectivity index (χ1n) is 11.3. The van der Waals surface area contributed by atoms with Crippen molar-refractivity contribution in [1.29, 1.82) is 0 Å². The summed E-state index contributed by atoms with van der Waals surface area (Å²) in [6, 6.07) is 0. The molecule has 0 aliphatic carbocycles. The number of halogens is 1. The van der Waals surface area contributed by atoms with Crippen LogP contribution < -0.4 is 0 Å². The number of nitrogens with zero attached hydrogens (tertiary/aromatic N) is 1. The van der Waals surface area contributed by atoms with Crippen LogP contribution in [0.5, 0.6) is 0 Å². The van der Waals surface area contributed by atoms with E-state index in [1.807, 2.05) is 31.2 Å². The molecule has 0 aliphatic rings. The average molecular weight is 489 g/mol. The zero-order valence-electron chi connectivity index (χ0n) is 21.6. The van der Waals surface area contributed by atoms with Gasteiger partial charge in [-0.15, -0.1) is 6.58 Å². The molecular weight excluding hydrogens is 442 g/mol. The Labute approximate surface area is 202 Å². The molecule has 0 fully saturated rings. The fraction of sp³-hybridized carbons (Fsp3) is 0.448. The molecule has 2 heteroatoms. The van der Waals surface area contributed by atoms with Gasteiger partial charge in [0.1, 0.15) is 0 Å². The minimum atomic E-state index is 0.0642. The Morgan fingerprint density at radius 1 is 1.00 bits per heavy atom. The van der Waals surface area contributed by atoms with Crippen molar-refractivity contribution in [2.75, 3.05) is 0 Å². The Hall–Kier alpha value is -1.80. The molecule has 0 bridgehead atoms. The molecule has 0 radical (unpaired) electrons. The SMILES string of the molecule is C=C/C(=C\C(C)=C(/CC)N(C(=C)/C=C\C(Br)=C/C)/C(C)=C/CC)C(C)(C)C.C=CCC. The zero-order chi connectivity index (χ0) is 24.6. The van der Waals surface area contributed by atoms with Gasteiger partial charge in [-0.2, -0.15) is 0 Å². The normalized spacial score (nSPS) is 13.9. The summed E-state index contributed by atoms with van der Waals surface area (Å²) in [5.74, 6) is 0. The summed E-state index contributed by atoms with van der Waals surface area (Å²) >= 11 is 3.54. The van der Waals surface area contributed by atoms with Gasteiger partial charge in [0.15, 0.2) is 0 Å². The smallest absolute Gasteiger partial charge is 0.0383 e. The van der Waals surface area contributed by atoms with Crippen molar-refractivity contribution < 1.29 is 0 Å². The van der Waals surface area contributed by atoms with E-state index < -0.39 is 0 Å². The molecule has 0 aromatic carbocycles. The van der Waals surface area contributed by atoms with Gasteiger partial charge < -0.3 is 4.90 Å². The number of rotatable bonds is 10. The van der Waals surface area contributed by atoms with Crippen LogP contribution in [0.15, 0.2) is 95.0 Å². The predicted octanol–water partition coefficient (Wildman–Crippen LogP) is 10.4. The molecule has 31 heavy (non-hydrogen) atoms. The maximum Gasteiger partial charge on any atom is 0.0383 e. The molecule has 174 valence electrons. The van der Waals surface area contributed by atoms with E-state index in [-0.39, 0.29) is 5.41 Å². The quantitative estimate of drug-likeness (QED) is 0.218. The van der Waals surface area contributed by atoms with E-state index in [2.05, 4.69) is 114 Å². The van der Waals surface area contributed by atoms with E-state index in [4.69, 9.17) is 0 Å². The Morgan fingerprint density at radius 2 is 1.55 bits per heavy atom. The molecular formula is C29H46BrN. The second kappa shape index (κ2) is 16.8. The maximum atomic E-state index is 4.34. The van der Waals surface area contributed by atoms with E-state index in [1.165, 1.54) is 22.5 Å². The molecule has 1 nitrogen and oxygen atoms in total. The third-order valence-electron chi connectivity index (χ3n) is 4.66. The van der Waals surface area contributed by atoms with Crippen LogP contribution in [0.3, 0.4) is 0 Å². The van der Waals surface area contributed by atoms with Crippen LogP contribution in [-0.2, 0) is 0 Å². The van der Waals surface area contributed by atoms with Crippen molar-refractivity contribution >= 4 is 15.9 Å². The van der Waals surface area contributed by atoms with Gasteiger partial charge in [-0.1, -0.05) is 101 Å². The van der Waals surface area contributed by atoms with E-state index >= 15 is 0 Å². The van der Waals surface area contributed by atoms with Crippen LogP contribution in [0.1, 0.15) is 81.6 Å². The topological polar surface area (TPSA) is 3.24 Å². The van der Waals surface area contributed by atoms with E-state index in [9.17, 15) is 0 Å². The second-order valence-electron chi connectivity index (χ2n) is 8.32. The van der Waals surface area contributed by atoms with Crippen molar-refractivity contribution in [3.63, 3.8) is 0 Å². The third kappa shape index (κ3) is 12.6. The van der Waals surface area contributed by atoms with E-state index in [0.29, 0.717) is 0 Å². The summed E-state index contributed by atoms with van der Waals surface area (Å²) in [7, 11) is 0. The summed E-state index contributed by atoms with van der Waals surface area (Å²) < 4.78 is 1.04. The summed E-state index contributed by atoms with van der Waals surface area (Å²) in [5.41, 5.74) is 5.95. The third-order valence-corrected chi connectivity index (χ3v) is 5.38. The van der Waals surface area contributed by atoms with Crippen LogP contribution >= 0.6 is 15.9 Å². The highest BCUT2D eigenvalue weighted by atomic mass is 79.9. The van der Waals surface area contributed by atoms with E-state index in [1.54, 1.807) is 0 Å². The van der Waals surface area contributed by atoms with Crippen LogP contribution in [0.4, 0.5) is 0 Å². The summed E-state index contributed by atoms with van der Waals surface area (Å²) in [6.07, 6.45) is 17.5. The standard InChI is InChI=1S/C25H38BrN.C4H8/c1-11-15-20(6)27(21(7)16-17-23(26)13-3)24(14-4)19(5)18-22(12-2)25(8,9)10;1-3-4-2/h12-13,15-18H,2,7,11,14H2,1,3-6,8-10H3;3H,1,4H2,2H3/b17-16-,20-15+,22-18+,23-13+,24-19+;. The van der Waals surface area contributed by atoms with Gasteiger partial charge >= 0.3 is 0 Å². The molecule has 0 N–H and O–H groups in total. The molecule has 0 atom stereocenters. The number of hydrogen-bond acceptors (Lipinski definition) is 1. The first-order chi connectivity index (χ1) is 14.4. The van der Waals surface area contributed by atoms with Gasteiger partial charge in [0.25, 0.3) is 0 Å². The Bertz CT molecular complexity index is 733. The summed E-state index contributed by atoms with van der Waals surface area (Å²) in [6.45, 7) is 31.2. The fourth-order valence-electron chi connectivity index (χ4n) is 2.86. The lowest BCUT2D eigenvalue weighted by Gasteiger charge is -2.30. The molecule has 0 heterocycles. The lowest BCUT2D eigenvalue weighted by Crippen LogP contribution is -2.20. The second-order valence-corrected chi connectivity index (χ2v) is 9.24. The van der Waals surface area contributed by atoms with E-state index in [0.717, 1.165) is 29.4 Å². The van der Waals surface area contributed by atoms with Gasteiger partial charge in [0.05, 0.1) is 0 Å². The zero-order valence-corrected chi connectivity index (χ0v) is 23.2. The lowest BCUT2D eigenvalue weighted by molar-refractivity contribution is 0.510. The molecule has 0 saturated heterocycles. The van der Waals surface area contributed by atoms with Crippen LogP contribution in [0, 0.1) is 5.41 Å². The highest BCUT2D eigenvalue weighted by Crippen LogP contribution is 2.31. The number of hydrogen-bond donors (Lipinski definition) is 0. The van der Waals surface area contributed by atoms with Gasteiger partial charge in [0, 0.05) is 21.6 Å². The van der Waals surface area contributed by atoms with Crippen LogP contribution in [0.25, 0.3) is 0 Å². The molecule has 0 saturated carbocycles. The monoisotopic (exact) mass is 487 g/mol. The van der Waals surface area contributed by atoms with Gasteiger partial charge in [0.2, 0.25) is 0 Å². The first kappa shape index (κ1) is 31.4. The molecule has 0 aromatic rings. The van der Waals surface area contributed by atoms with Crippen LogP contribution in [-0.4, -0.2) is 4.90 Å². The lowest BCUT2D eigenvalue weighted by atomic mass is 9.85. The van der Waals surface area contributed by atoms with Gasteiger partial charge in [-0.05, 0) is 68.7 Å². The average Bonchev–Trinajstić information content (AvgIpc) is 2.72. The molecule has 0 rings (SSSR count). The molecule has 0 unspecified atom stereocenters. The van der Waals surface area contributed by atoms with Crippen molar-refractivity contribution in [3.8, 4) is 0 Å².